The maximum atomic E-state index is 15.0. The first-order chi connectivity index (χ1) is 18.7. The molecule has 1 aromatic heterocycles. The van der Waals surface area contributed by atoms with Crippen LogP contribution in [0, 0.1) is 5.82 Å². The summed E-state index contributed by atoms with van der Waals surface area (Å²) in [6.07, 6.45) is 5.72. The number of ether oxygens (including phenoxy) is 1. The van der Waals surface area contributed by atoms with Crippen LogP contribution in [0.4, 0.5) is 10.1 Å². The number of carbonyl (C=O) groups is 1. The first-order valence-electron chi connectivity index (χ1n) is 13.5. The van der Waals surface area contributed by atoms with E-state index in [0.717, 1.165) is 18.2 Å². The quantitative estimate of drug-likeness (QED) is 0.460. The minimum Gasteiger partial charge on any atom is -0.381 e. The summed E-state index contributed by atoms with van der Waals surface area (Å²) >= 11 is 6.10. The fraction of sp³-hybridized carbons (Fsp3) is 0.556. The Morgan fingerprint density at radius 3 is 2.77 bits per heavy atom. The highest BCUT2D eigenvalue weighted by Gasteiger charge is 2.44. The first-order valence-corrected chi connectivity index (χ1v) is 15.4. The molecule has 3 saturated heterocycles. The van der Waals surface area contributed by atoms with Crippen molar-refractivity contribution in [3.63, 3.8) is 0 Å². The van der Waals surface area contributed by atoms with Gasteiger partial charge < -0.3 is 21.1 Å². The average Bonchev–Trinajstić information content (AvgIpc) is 3.04. The molecule has 0 aliphatic carbocycles. The van der Waals surface area contributed by atoms with Gasteiger partial charge in [0, 0.05) is 54.4 Å². The Labute approximate surface area is 233 Å². The molecule has 4 N–H and O–H groups in total. The summed E-state index contributed by atoms with van der Waals surface area (Å²) in [6, 6.07) is 6.25. The van der Waals surface area contributed by atoms with E-state index in [1.54, 1.807) is 16.4 Å². The van der Waals surface area contributed by atoms with Crippen molar-refractivity contribution in [1.82, 2.24) is 14.6 Å². The molecular formula is C27H35ClFN5O4S. The number of hydrogen-bond acceptors (Lipinski definition) is 7. The molecule has 212 valence electrons. The topological polar surface area (TPSA) is 127 Å². The van der Waals surface area contributed by atoms with Crippen molar-refractivity contribution in [2.45, 2.75) is 62.1 Å². The van der Waals surface area contributed by atoms with Gasteiger partial charge in [0.15, 0.2) is 0 Å². The van der Waals surface area contributed by atoms with Gasteiger partial charge in [-0.15, -0.1) is 0 Å². The molecule has 0 saturated carbocycles. The SMILES string of the molecule is NC(C(=O)Nc1cncc(F)c1CC[C@H]1CN[C@@H]2CCCS(=O)(=O)N1C2)C1(c2ccc(Cl)cc2)CCOCC1. The van der Waals surface area contributed by atoms with Gasteiger partial charge in [-0.05, 0) is 56.2 Å². The molecule has 3 aliphatic rings. The Balaban J connectivity index is 1.34. The van der Waals surface area contributed by atoms with Crippen molar-refractivity contribution in [3.8, 4) is 0 Å². The zero-order chi connectivity index (χ0) is 27.6. The van der Waals surface area contributed by atoms with E-state index in [2.05, 4.69) is 15.6 Å². The molecule has 3 fully saturated rings. The third-order valence-electron chi connectivity index (χ3n) is 8.43. The van der Waals surface area contributed by atoms with E-state index in [1.807, 2.05) is 12.1 Å². The minimum atomic E-state index is -3.36. The number of nitrogens with zero attached hydrogens (tertiary/aromatic N) is 2. The lowest BCUT2D eigenvalue weighted by Crippen LogP contribution is -2.57. The summed E-state index contributed by atoms with van der Waals surface area (Å²) in [5.74, 6) is -0.872. The van der Waals surface area contributed by atoms with Crippen molar-refractivity contribution >= 4 is 33.2 Å². The lowest BCUT2D eigenvalue weighted by Gasteiger charge is -2.41. The van der Waals surface area contributed by atoms with E-state index in [0.29, 0.717) is 57.0 Å². The number of hydrogen-bond donors (Lipinski definition) is 3. The molecule has 12 heteroatoms. The highest BCUT2D eigenvalue weighted by Crippen LogP contribution is 2.38. The minimum absolute atomic E-state index is 0.130. The summed E-state index contributed by atoms with van der Waals surface area (Å²) in [5, 5.41) is 6.85. The molecule has 4 atom stereocenters. The summed E-state index contributed by atoms with van der Waals surface area (Å²) in [7, 11) is -3.36. The van der Waals surface area contributed by atoms with Gasteiger partial charge in [-0.3, -0.25) is 9.78 Å². The van der Waals surface area contributed by atoms with E-state index in [-0.39, 0.29) is 35.5 Å². The molecule has 5 rings (SSSR count). The second kappa shape index (κ2) is 11.8. The molecule has 0 spiro atoms. The van der Waals surface area contributed by atoms with E-state index in [9.17, 15) is 13.2 Å². The number of halogens is 2. The largest absolute Gasteiger partial charge is 0.381 e. The van der Waals surface area contributed by atoms with E-state index in [1.165, 1.54) is 6.20 Å². The van der Waals surface area contributed by atoms with Gasteiger partial charge in [-0.2, -0.15) is 4.31 Å². The summed E-state index contributed by atoms with van der Waals surface area (Å²) in [4.78, 5) is 17.5. The van der Waals surface area contributed by atoms with Crippen LogP contribution < -0.4 is 16.4 Å². The predicted molar refractivity (Wildman–Crippen MR) is 148 cm³/mol. The van der Waals surface area contributed by atoms with Crippen LogP contribution in [0.15, 0.2) is 36.7 Å². The maximum Gasteiger partial charge on any atom is 0.242 e. The van der Waals surface area contributed by atoms with E-state index < -0.39 is 33.2 Å². The van der Waals surface area contributed by atoms with Crippen molar-refractivity contribution in [2.75, 3.05) is 37.4 Å². The molecular weight excluding hydrogens is 545 g/mol. The Kier molecular flexibility index (Phi) is 8.56. The Hall–Kier alpha value is -2.15. The van der Waals surface area contributed by atoms with Gasteiger partial charge >= 0.3 is 0 Å². The number of benzene rings is 1. The zero-order valence-corrected chi connectivity index (χ0v) is 23.3. The van der Waals surface area contributed by atoms with Crippen LogP contribution in [0.5, 0.6) is 0 Å². The highest BCUT2D eigenvalue weighted by atomic mass is 35.5. The van der Waals surface area contributed by atoms with Crippen molar-refractivity contribution in [2.24, 2.45) is 5.73 Å². The number of nitrogens with two attached hydrogens (primary N) is 1. The third-order valence-corrected chi connectivity index (χ3v) is 10.7. The van der Waals surface area contributed by atoms with Crippen LogP contribution in [0.2, 0.25) is 5.02 Å². The van der Waals surface area contributed by atoms with Gasteiger partial charge in [-0.1, -0.05) is 23.7 Å². The molecule has 2 bridgehead atoms. The highest BCUT2D eigenvalue weighted by molar-refractivity contribution is 7.89. The second-order valence-corrected chi connectivity index (χ2v) is 13.2. The number of anilines is 1. The predicted octanol–water partition coefficient (Wildman–Crippen LogP) is 2.59. The van der Waals surface area contributed by atoms with Crippen molar-refractivity contribution in [1.29, 1.82) is 0 Å². The normalized spacial score (nSPS) is 26.8. The molecule has 4 heterocycles. The Morgan fingerprint density at radius 1 is 1.28 bits per heavy atom. The molecule has 2 unspecified atom stereocenters. The summed E-state index contributed by atoms with van der Waals surface area (Å²) in [6.45, 7) is 1.87. The van der Waals surface area contributed by atoms with Gasteiger partial charge in [0.05, 0.1) is 29.9 Å². The smallest absolute Gasteiger partial charge is 0.242 e. The van der Waals surface area contributed by atoms with Crippen LogP contribution in [-0.2, 0) is 31.4 Å². The molecule has 2 aromatic rings. The lowest BCUT2D eigenvalue weighted by atomic mass is 9.68. The number of rotatable bonds is 7. The van der Waals surface area contributed by atoms with Gasteiger partial charge in [0.25, 0.3) is 0 Å². The maximum absolute atomic E-state index is 15.0. The first kappa shape index (κ1) is 28.4. The fourth-order valence-corrected chi connectivity index (χ4v) is 8.07. The van der Waals surface area contributed by atoms with Crippen molar-refractivity contribution in [3.05, 3.63) is 58.6 Å². The number of nitrogens with one attached hydrogen (secondary N) is 2. The Morgan fingerprint density at radius 2 is 2.03 bits per heavy atom. The van der Waals surface area contributed by atoms with Crippen LogP contribution in [0.25, 0.3) is 0 Å². The Bertz CT molecular complexity index is 1290. The average molecular weight is 580 g/mol. The molecule has 3 aliphatic heterocycles. The summed E-state index contributed by atoms with van der Waals surface area (Å²) in [5.41, 5.74) is 7.39. The van der Waals surface area contributed by atoms with Crippen LogP contribution in [0.1, 0.15) is 43.2 Å². The second-order valence-electron chi connectivity index (χ2n) is 10.7. The standard InChI is InChI=1S/C27H35ClFN5O4S/c28-19-5-3-18(4-6-19)27(9-11-38-12-10-27)25(30)26(35)33-24-16-31-15-23(29)22(24)8-7-21-14-32-20-2-1-13-39(36,37)34(21)17-20/h3-6,15-16,20-21,25,32H,1-2,7-14,17,30H2,(H,33,35)/t20-,21+,25?/m1/s1. The molecule has 0 radical (unpaired) electrons. The van der Waals surface area contributed by atoms with Gasteiger partial charge in [0.1, 0.15) is 5.82 Å². The number of piperazine rings is 1. The number of fused-ring (bicyclic) bond motifs is 2. The van der Waals surface area contributed by atoms with E-state index in [4.69, 9.17) is 22.1 Å². The number of sulfonamides is 1. The van der Waals surface area contributed by atoms with Crippen LogP contribution in [-0.4, -0.2) is 73.8 Å². The molecule has 1 amide bonds. The number of carbonyl (C=O) groups excluding carboxylic acids is 1. The number of aromatic nitrogens is 1. The fourth-order valence-electron chi connectivity index (χ4n) is 6.14. The van der Waals surface area contributed by atoms with E-state index >= 15 is 4.39 Å². The molecule has 9 nitrogen and oxygen atoms in total. The molecule has 1 aromatic carbocycles. The monoisotopic (exact) mass is 579 g/mol. The van der Waals surface area contributed by atoms with Crippen LogP contribution >= 0.6 is 11.6 Å². The third kappa shape index (κ3) is 5.98. The van der Waals surface area contributed by atoms with Gasteiger partial charge in [-0.25, -0.2) is 12.8 Å². The van der Waals surface area contributed by atoms with Crippen LogP contribution in [0.3, 0.4) is 0 Å². The molecule has 39 heavy (non-hydrogen) atoms. The summed E-state index contributed by atoms with van der Waals surface area (Å²) < 4.78 is 47.8. The number of amides is 1. The van der Waals surface area contributed by atoms with Gasteiger partial charge in [0.2, 0.25) is 15.9 Å². The van der Waals surface area contributed by atoms with Crippen molar-refractivity contribution < 1.29 is 22.3 Å². The zero-order valence-electron chi connectivity index (χ0n) is 21.7. The number of pyridine rings is 1. The lowest BCUT2D eigenvalue weighted by molar-refractivity contribution is -0.120.